The van der Waals surface area contributed by atoms with Crippen LogP contribution in [0.4, 0.5) is 0 Å². The molecule has 1 aromatic heterocycles. The van der Waals surface area contributed by atoms with E-state index in [9.17, 15) is 0 Å². The Balaban J connectivity index is 2.28. The SMILES string of the molecule is Cc1ccc(Oc2cc(CCl)c(Cl)cn2)c(Br)c1. The van der Waals surface area contributed by atoms with Crippen LogP contribution in [-0.4, -0.2) is 4.98 Å². The van der Waals surface area contributed by atoms with Gasteiger partial charge in [0.1, 0.15) is 5.75 Å². The Bertz CT molecular complexity index is 575. The number of rotatable bonds is 3. The van der Waals surface area contributed by atoms with Crippen LogP contribution in [0.3, 0.4) is 0 Å². The van der Waals surface area contributed by atoms with E-state index in [1.807, 2.05) is 25.1 Å². The maximum atomic E-state index is 5.94. The van der Waals surface area contributed by atoms with Gasteiger partial charge in [-0.2, -0.15) is 0 Å². The van der Waals surface area contributed by atoms with Crippen LogP contribution in [0, 0.1) is 6.92 Å². The van der Waals surface area contributed by atoms with Gasteiger partial charge in [-0.25, -0.2) is 4.98 Å². The lowest BCUT2D eigenvalue weighted by atomic mass is 10.2. The fraction of sp³-hybridized carbons (Fsp3) is 0.154. The lowest BCUT2D eigenvalue weighted by Gasteiger charge is -2.09. The third kappa shape index (κ3) is 3.16. The molecule has 0 N–H and O–H groups in total. The topological polar surface area (TPSA) is 22.1 Å². The number of aromatic nitrogens is 1. The van der Waals surface area contributed by atoms with E-state index in [4.69, 9.17) is 27.9 Å². The zero-order chi connectivity index (χ0) is 13.1. The molecule has 94 valence electrons. The van der Waals surface area contributed by atoms with Crippen LogP contribution in [-0.2, 0) is 5.88 Å². The monoisotopic (exact) mass is 345 g/mol. The van der Waals surface area contributed by atoms with Gasteiger partial charge in [-0.3, -0.25) is 0 Å². The molecular formula is C13H10BrCl2NO. The predicted octanol–water partition coefficient (Wildman–Crippen LogP) is 5.34. The molecule has 0 fully saturated rings. The number of halogens is 3. The van der Waals surface area contributed by atoms with Gasteiger partial charge in [0.25, 0.3) is 0 Å². The first kappa shape index (κ1) is 13.7. The summed E-state index contributed by atoms with van der Waals surface area (Å²) in [7, 11) is 0. The van der Waals surface area contributed by atoms with E-state index in [1.165, 1.54) is 6.20 Å². The Labute approximate surface area is 124 Å². The largest absolute Gasteiger partial charge is 0.438 e. The maximum Gasteiger partial charge on any atom is 0.219 e. The molecule has 0 saturated heterocycles. The van der Waals surface area contributed by atoms with Gasteiger partial charge in [0.2, 0.25) is 5.88 Å². The minimum atomic E-state index is 0.326. The molecule has 0 atom stereocenters. The highest BCUT2D eigenvalue weighted by atomic mass is 79.9. The molecule has 5 heteroatoms. The molecule has 0 aliphatic carbocycles. The summed E-state index contributed by atoms with van der Waals surface area (Å²) < 4.78 is 6.57. The van der Waals surface area contributed by atoms with E-state index < -0.39 is 0 Å². The first-order chi connectivity index (χ1) is 8.60. The average Bonchev–Trinajstić information content (AvgIpc) is 2.35. The molecule has 1 heterocycles. The summed E-state index contributed by atoms with van der Waals surface area (Å²) in [6.45, 7) is 2.01. The van der Waals surface area contributed by atoms with Crippen molar-refractivity contribution >= 4 is 39.1 Å². The van der Waals surface area contributed by atoms with Crippen LogP contribution in [0.5, 0.6) is 11.6 Å². The van der Waals surface area contributed by atoms with E-state index in [0.717, 1.165) is 15.6 Å². The molecule has 0 radical (unpaired) electrons. The van der Waals surface area contributed by atoms with Crippen LogP contribution < -0.4 is 4.74 Å². The Morgan fingerprint density at radius 3 is 2.78 bits per heavy atom. The highest BCUT2D eigenvalue weighted by Crippen LogP contribution is 2.31. The zero-order valence-electron chi connectivity index (χ0n) is 9.58. The van der Waals surface area contributed by atoms with Crippen LogP contribution in [0.15, 0.2) is 34.9 Å². The second-order valence-electron chi connectivity index (χ2n) is 3.78. The van der Waals surface area contributed by atoms with Gasteiger partial charge < -0.3 is 4.74 Å². The minimum Gasteiger partial charge on any atom is -0.438 e. The number of alkyl halides is 1. The number of aryl methyl sites for hydroxylation is 1. The summed E-state index contributed by atoms with van der Waals surface area (Å²) in [6, 6.07) is 7.57. The van der Waals surface area contributed by atoms with E-state index in [-0.39, 0.29) is 0 Å². The summed E-state index contributed by atoms with van der Waals surface area (Å²) >= 11 is 15.2. The summed E-state index contributed by atoms with van der Waals surface area (Å²) in [6.07, 6.45) is 1.54. The number of benzene rings is 1. The van der Waals surface area contributed by atoms with Crippen molar-refractivity contribution in [2.45, 2.75) is 12.8 Å². The average molecular weight is 347 g/mol. The molecule has 0 aliphatic heterocycles. The lowest BCUT2D eigenvalue weighted by molar-refractivity contribution is 0.459. The minimum absolute atomic E-state index is 0.326. The van der Waals surface area contributed by atoms with E-state index in [2.05, 4.69) is 20.9 Å². The first-order valence-corrected chi connectivity index (χ1v) is 6.95. The van der Waals surface area contributed by atoms with Crippen molar-refractivity contribution in [1.29, 1.82) is 0 Å². The van der Waals surface area contributed by atoms with Crippen LogP contribution in [0.25, 0.3) is 0 Å². The van der Waals surface area contributed by atoms with Gasteiger partial charge in [-0.1, -0.05) is 17.7 Å². The van der Waals surface area contributed by atoms with Crippen molar-refractivity contribution in [1.82, 2.24) is 4.98 Å². The van der Waals surface area contributed by atoms with Crippen LogP contribution >= 0.6 is 39.1 Å². The van der Waals surface area contributed by atoms with Crippen LogP contribution in [0.1, 0.15) is 11.1 Å². The van der Waals surface area contributed by atoms with Gasteiger partial charge in [0.05, 0.1) is 9.50 Å². The molecule has 0 bridgehead atoms. The number of nitrogens with zero attached hydrogens (tertiary/aromatic N) is 1. The van der Waals surface area contributed by atoms with E-state index >= 15 is 0 Å². The summed E-state index contributed by atoms with van der Waals surface area (Å²) in [5.74, 6) is 1.50. The van der Waals surface area contributed by atoms with E-state index in [0.29, 0.717) is 22.5 Å². The number of pyridine rings is 1. The van der Waals surface area contributed by atoms with Crippen molar-refractivity contribution < 1.29 is 4.74 Å². The van der Waals surface area contributed by atoms with Gasteiger partial charge >= 0.3 is 0 Å². The summed E-state index contributed by atoms with van der Waals surface area (Å²) in [5, 5.41) is 0.542. The van der Waals surface area contributed by atoms with Gasteiger partial charge in [0, 0.05) is 18.1 Å². The molecule has 1 aromatic carbocycles. The standard InChI is InChI=1S/C13H10BrCl2NO/c1-8-2-3-12(10(14)4-8)18-13-5-9(6-15)11(16)7-17-13/h2-5,7H,6H2,1H3. The molecule has 0 aliphatic rings. The number of hydrogen-bond donors (Lipinski definition) is 0. The molecule has 18 heavy (non-hydrogen) atoms. The van der Waals surface area contributed by atoms with Crippen LogP contribution in [0.2, 0.25) is 5.02 Å². The third-order valence-corrected chi connectivity index (χ3v) is 3.60. The quantitative estimate of drug-likeness (QED) is 0.700. The number of hydrogen-bond acceptors (Lipinski definition) is 2. The highest BCUT2D eigenvalue weighted by Gasteiger charge is 2.07. The Morgan fingerprint density at radius 1 is 1.33 bits per heavy atom. The molecule has 2 aromatic rings. The van der Waals surface area contributed by atoms with Gasteiger partial charge in [-0.05, 0) is 46.1 Å². The molecule has 0 spiro atoms. The molecule has 0 saturated carbocycles. The normalized spacial score (nSPS) is 10.4. The van der Waals surface area contributed by atoms with Crippen molar-refractivity contribution in [2.75, 3.05) is 0 Å². The molecular weight excluding hydrogens is 337 g/mol. The maximum absolute atomic E-state index is 5.94. The Morgan fingerprint density at radius 2 is 2.11 bits per heavy atom. The predicted molar refractivity (Wildman–Crippen MR) is 77.8 cm³/mol. The first-order valence-electron chi connectivity index (χ1n) is 5.24. The van der Waals surface area contributed by atoms with Crippen molar-refractivity contribution in [3.05, 3.63) is 51.1 Å². The fourth-order valence-corrected chi connectivity index (χ4v) is 2.45. The Hall–Kier alpha value is -0.770. The molecule has 0 amide bonds. The van der Waals surface area contributed by atoms with Crippen molar-refractivity contribution in [3.8, 4) is 11.6 Å². The fourth-order valence-electron chi connectivity index (χ4n) is 1.42. The second kappa shape index (κ2) is 5.91. The second-order valence-corrected chi connectivity index (χ2v) is 5.31. The Kier molecular flexibility index (Phi) is 4.49. The lowest BCUT2D eigenvalue weighted by Crippen LogP contribution is -1.91. The molecule has 2 rings (SSSR count). The highest BCUT2D eigenvalue weighted by molar-refractivity contribution is 9.10. The number of ether oxygens (including phenoxy) is 1. The third-order valence-electron chi connectivity index (χ3n) is 2.36. The molecule has 2 nitrogen and oxygen atoms in total. The zero-order valence-corrected chi connectivity index (χ0v) is 12.7. The summed E-state index contributed by atoms with van der Waals surface area (Å²) in [5.41, 5.74) is 1.95. The van der Waals surface area contributed by atoms with E-state index in [1.54, 1.807) is 6.07 Å². The van der Waals surface area contributed by atoms with Crippen molar-refractivity contribution in [3.63, 3.8) is 0 Å². The smallest absolute Gasteiger partial charge is 0.219 e. The molecule has 0 unspecified atom stereocenters. The van der Waals surface area contributed by atoms with Crippen molar-refractivity contribution in [2.24, 2.45) is 0 Å². The van der Waals surface area contributed by atoms with Gasteiger partial charge in [-0.15, -0.1) is 11.6 Å². The van der Waals surface area contributed by atoms with Gasteiger partial charge in [0.15, 0.2) is 0 Å². The summed E-state index contributed by atoms with van der Waals surface area (Å²) in [4.78, 5) is 4.11.